The molecule has 2 N–H and O–H groups in total. The van der Waals surface area contributed by atoms with Gasteiger partial charge in [0.05, 0.1) is 4.90 Å². The van der Waals surface area contributed by atoms with Gasteiger partial charge in [-0.3, -0.25) is 9.52 Å². The zero-order valence-corrected chi connectivity index (χ0v) is 16.4. The van der Waals surface area contributed by atoms with Gasteiger partial charge in [-0.25, -0.2) is 12.8 Å². The number of sulfonamides is 1. The van der Waals surface area contributed by atoms with Crippen molar-refractivity contribution in [2.75, 3.05) is 11.5 Å². The molecule has 7 nitrogen and oxygen atoms in total. The molecule has 30 heavy (non-hydrogen) atoms. The van der Waals surface area contributed by atoms with Crippen molar-refractivity contribution in [1.29, 1.82) is 0 Å². The Morgan fingerprint density at radius 1 is 0.933 bits per heavy atom. The number of hydrogen-bond donors (Lipinski definition) is 2. The number of rotatable bonds is 6. The molecule has 0 aliphatic carbocycles. The Labute approximate surface area is 172 Å². The van der Waals surface area contributed by atoms with Crippen LogP contribution in [0, 0.1) is 5.82 Å². The summed E-state index contributed by atoms with van der Waals surface area (Å²) in [5, 5.41) is 2.80. The lowest BCUT2D eigenvalue weighted by Gasteiger charge is -2.09. The fourth-order valence-corrected chi connectivity index (χ4v) is 3.91. The van der Waals surface area contributed by atoms with Crippen LogP contribution in [-0.2, 0) is 16.6 Å². The number of carbonyl (C=O) groups excluding carboxylic acids is 1. The van der Waals surface area contributed by atoms with Gasteiger partial charge < -0.3 is 14.8 Å². The van der Waals surface area contributed by atoms with E-state index in [-0.39, 0.29) is 23.3 Å². The third-order valence-electron chi connectivity index (χ3n) is 4.41. The zero-order valence-electron chi connectivity index (χ0n) is 15.6. The highest BCUT2D eigenvalue weighted by Crippen LogP contribution is 2.32. The summed E-state index contributed by atoms with van der Waals surface area (Å²) in [4.78, 5) is 12.3. The van der Waals surface area contributed by atoms with E-state index in [1.165, 1.54) is 36.4 Å². The van der Waals surface area contributed by atoms with Gasteiger partial charge >= 0.3 is 0 Å². The number of anilines is 1. The van der Waals surface area contributed by atoms with E-state index in [2.05, 4.69) is 10.0 Å². The van der Waals surface area contributed by atoms with Crippen LogP contribution in [0.5, 0.6) is 11.5 Å². The van der Waals surface area contributed by atoms with E-state index in [0.29, 0.717) is 23.6 Å². The first-order chi connectivity index (χ1) is 14.4. The molecular formula is C21H17FN2O5S. The first-order valence-corrected chi connectivity index (χ1v) is 10.4. The van der Waals surface area contributed by atoms with Gasteiger partial charge in [0.25, 0.3) is 15.9 Å². The van der Waals surface area contributed by atoms with Crippen LogP contribution in [0.3, 0.4) is 0 Å². The highest BCUT2D eigenvalue weighted by atomic mass is 32.2. The van der Waals surface area contributed by atoms with Crippen LogP contribution in [0.1, 0.15) is 15.9 Å². The first-order valence-electron chi connectivity index (χ1n) is 8.96. The second kappa shape index (κ2) is 8.03. The average molecular weight is 428 g/mol. The molecule has 1 heterocycles. The molecule has 4 rings (SSSR count). The number of nitrogens with one attached hydrogen (secondary N) is 2. The Bertz CT molecular complexity index is 1180. The molecule has 0 fully saturated rings. The SMILES string of the molecule is O=C(NCc1ccc2c(c1)OCO2)c1ccc(NS(=O)(=O)c2ccc(F)cc2)cc1. The maximum atomic E-state index is 13.0. The van der Waals surface area contributed by atoms with Gasteiger partial charge in [-0.1, -0.05) is 6.07 Å². The second-order valence-corrected chi connectivity index (χ2v) is 8.19. The van der Waals surface area contributed by atoms with Crippen LogP contribution in [0.25, 0.3) is 0 Å². The van der Waals surface area contributed by atoms with Crippen LogP contribution in [0.4, 0.5) is 10.1 Å². The van der Waals surface area contributed by atoms with Crippen molar-refractivity contribution in [1.82, 2.24) is 5.32 Å². The van der Waals surface area contributed by atoms with E-state index in [0.717, 1.165) is 17.7 Å². The van der Waals surface area contributed by atoms with Gasteiger partial charge in [-0.2, -0.15) is 0 Å². The number of ether oxygens (including phenoxy) is 2. The molecule has 0 spiro atoms. The van der Waals surface area contributed by atoms with Crippen molar-refractivity contribution in [2.45, 2.75) is 11.4 Å². The molecule has 1 amide bonds. The van der Waals surface area contributed by atoms with Crippen molar-refractivity contribution in [2.24, 2.45) is 0 Å². The average Bonchev–Trinajstić information content (AvgIpc) is 3.20. The van der Waals surface area contributed by atoms with Crippen molar-refractivity contribution >= 4 is 21.6 Å². The van der Waals surface area contributed by atoms with E-state index in [9.17, 15) is 17.6 Å². The molecule has 0 atom stereocenters. The molecule has 0 radical (unpaired) electrons. The van der Waals surface area contributed by atoms with Crippen LogP contribution >= 0.6 is 0 Å². The third-order valence-corrected chi connectivity index (χ3v) is 5.81. The quantitative estimate of drug-likeness (QED) is 0.629. The summed E-state index contributed by atoms with van der Waals surface area (Å²) in [5.41, 5.74) is 1.52. The van der Waals surface area contributed by atoms with Crippen molar-refractivity contribution in [3.8, 4) is 11.5 Å². The summed E-state index contributed by atoms with van der Waals surface area (Å²) in [5.74, 6) is 0.481. The molecule has 0 aromatic heterocycles. The van der Waals surface area contributed by atoms with E-state index in [4.69, 9.17) is 9.47 Å². The minimum Gasteiger partial charge on any atom is -0.454 e. The summed E-state index contributed by atoms with van der Waals surface area (Å²) < 4.78 is 50.6. The van der Waals surface area contributed by atoms with Gasteiger partial charge in [0.15, 0.2) is 11.5 Å². The standard InChI is InChI=1S/C21H17FN2O5S/c22-16-4-8-18(9-5-16)30(26,27)24-17-6-2-15(3-7-17)21(25)23-12-14-1-10-19-20(11-14)29-13-28-19/h1-11,24H,12-13H2,(H,23,25). The highest BCUT2D eigenvalue weighted by Gasteiger charge is 2.15. The lowest BCUT2D eigenvalue weighted by Crippen LogP contribution is -2.22. The Morgan fingerprint density at radius 3 is 2.37 bits per heavy atom. The number of hydrogen-bond acceptors (Lipinski definition) is 5. The topological polar surface area (TPSA) is 93.7 Å². The second-order valence-electron chi connectivity index (χ2n) is 6.51. The van der Waals surface area contributed by atoms with Crippen molar-refractivity contribution in [3.63, 3.8) is 0 Å². The molecule has 3 aromatic rings. The van der Waals surface area contributed by atoms with Gasteiger partial charge in [0.1, 0.15) is 5.82 Å². The van der Waals surface area contributed by atoms with Crippen LogP contribution in [0.2, 0.25) is 0 Å². The summed E-state index contributed by atoms with van der Waals surface area (Å²) in [6.45, 7) is 0.483. The van der Waals surface area contributed by atoms with Crippen molar-refractivity contribution in [3.05, 3.63) is 83.7 Å². The Hall–Kier alpha value is -3.59. The van der Waals surface area contributed by atoms with E-state index in [1.54, 1.807) is 12.1 Å². The summed E-state index contributed by atoms with van der Waals surface area (Å²) >= 11 is 0. The summed E-state index contributed by atoms with van der Waals surface area (Å²) in [6.07, 6.45) is 0. The van der Waals surface area contributed by atoms with Crippen LogP contribution < -0.4 is 19.5 Å². The number of amides is 1. The lowest BCUT2D eigenvalue weighted by atomic mass is 10.1. The Kier molecular flexibility index (Phi) is 5.28. The number of halogens is 1. The lowest BCUT2D eigenvalue weighted by molar-refractivity contribution is 0.0951. The van der Waals surface area contributed by atoms with Crippen molar-refractivity contribution < 1.29 is 27.1 Å². The normalized spacial score (nSPS) is 12.4. The highest BCUT2D eigenvalue weighted by molar-refractivity contribution is 7.92. The molecule has 0 saturated heterocycles. The van der Waals surface area contributed by atoms with Gasteiger partial charge in [-0.15, -0.1) is 0 Å². The Balaban J connectivity index is 1.38. The molecule has 9 heteroatoms. The fourth-order valence-electron chi connectivity index (χ4n) is 2.85. The van der Waals surface area contributed by atoms with Gasteiger partial charge in [-0.05, 0) is 66.2 Å². The molecule has 0 unspecified atom stereocenters. The molecule has 1 aliphatic heterocycles. The maximum Gasteiger partial charge on any atom is 0.261 e. The van der Waals surface area contributed by atoms with E-state index < -0.39 is 15.8 Å². The number of benzene rings is 3. The van der Waals surface area contributed by atoms with E-state index >= 15 is 0 Å². The van der Waals surface area contributed by atoms with Gasteiger partial charge in [0.2, 0.25) is 6.79 Å². The van der Waals surface area contributed by atoms with Gasteiger partial charge in [0, 0.05) is 17.8 Å². The van der Waals surface area contributed by atoms with Crippen LogP contribution in [0.15, 0.2) is 71.6 Å². The summed E-state index contributed by atoms with van der Waals surface area (Å²) in [7, 11) is -3.85. The molecule has 1 aliphatic rings. The predicted molar refractivity (Wildman–Crippen MR) is 107 cm³/mol. The molecule has 0 bridgehead atoms. The predicted octanol–water partition coefficient (Wildman–Crippen LogP) is 3.29. The largest absolute Gasteiger partial charge is 0.454 e. The monoisotopic (exact) mass is 428 g/mol. The molecule has 154 valence electrons. The number of fused-ring (bicyclic) bond motifs is 1. The third kappa shape index (κ3) is 4.36. The van der Waals surface area contributed by atoms with E-state index in [1.807, 2.05) is 6.07 Å². The minimum absolute atomic E-state index is 0.0607. The van der Waals surface area contributed by atoms with Crippen LogP contribution in [-0.4, -0.2) is 21.1 Å². The minimum atomic E-state index is -3.85. The Morgan fingerprint density at radius 2 is 1.63 bits per heavy atom. The maximum absolute atomic E-state index is 13.0. The molecular weight excluding hydrogens is 411 g/mol. The fraction of sp³-hybridized carbons (Fsp3) is 0.0952. The number of carbonyl (C=O) groups is 1. The smallest absolute Gasteiger partial charge is 0.261 e. The zero-order chi connectivity index (χ0) is 21.1. The molecule has 0 saturated carbocycles. The first kappa shape index (κ1) is 19.7. The summed E-state index contributed by atoms with van der Waals surface area (Å²) in [6, 6.07) is 15.9. The molecule has 3 aromatic carbocycles.